The number of hydrogen-bond acceptors (Lipinski definition) is 6. The van der Waals surface area contributed by atoms with E-state index in [2.05, 4.69) is 0 Å². The van der Waals surface area contributed by atoms with Crippen molar-refractivity contribution in [3.8, 4) is 17.6 Å². The first kappa shape index (κ1) is 20.9. The van der Waals surface area contributed by atoms with Gasteiger partial charge in [-0.3, -0.25) is 4.79 Å². The van der Waals surface area contributed by atoms with Crippen molar-refractivity contribution in [2.75, 3.05) is 31.3 Å². The minimum Gasteiger partial charge on any atom is -0.486 e. The van der Waals surface area contributed by atoms with Gasteiger partial charge in [0.15, 0.2) is 18.1 Å². The van der Waals surface area contributed by atoms with Crippen LogP contribution in [0.4, 0.5) is 5.69 Å². The Morgan fingerprint density at radius 2 is 1.97 bits per heavy atom. The smallest absolute Gasteiger partial charge is 0.331 e. The summed E-state index contributed by atoms with van der Waals surface area (Å²) in [7, 11) is 0. The van der Waals surface area contributed by atoms with Gasteiger partial charge in [-0.1, -0.05) is 29.8 Å². The number of benzene rings is 2. The molecular formula is C23H22N2O5. The normalized spacial score (nSPS) is 12.3. The molecule has 0 bridgehead atoms. The predicted octanol–water partition coefficient (Wildman–Crippen LogP) is 3.27. The Bertz CT molecular complexity index is 993. The molecular weight excluding hydrogens is 384 g/mol. The summed E-state index contributed by atoms with van der Waals surface area (Å²) in [5.74, 6) is 0.0866. The molecule has 0 atom stereocenters. The Balaban J connectivity index is 1.64. The van der Waals surface area contributed by atoms with Crippen molar-refractivity contribution >= 4 is 23.6 Å². The second kappa shape index (κ2) is 10.1. The summed E-state index contributed by atoms with van der Waals surface area (Å²) in [5.41, 5.74) is 2.49. The SMILES string of the molecule is Cc1cccc(/C=C/C(=O)OCC(=O)N(CCC#N)c2ccc3c(c2)OCCO3)c1. The molecule has 0 spiro atoms. The van der Waals surface area contributed by atoms with Crippen LogP contribution in [0.5, 0.6) is 11.5 Å². The standard InChI is InChI=1S/C23H22N2O5/c1-17-4-2-5-18(14-17)6-9-23(27)30-16-22(26)25(11-3-10-24)19-7-8-20-21(15-19)29-13-12-28-20/h2,4-9,14-15H,3,11-13,16H2,1H3/b9-6+. The lowest BCUT2D eigenvalue weighted by atomic mass is 10.1. The molecule has 1 heterocycles. The number of ether oxygens (including phenoxy) is 3. The fraction of sp³-hybridized carbons (Fsp3) is 0.261. The van der Waals surface area contributed by atoms with Crippen LogP contribution in [-0.2, 0) is 14.3 Å². The van der Waals surface area contributed by atoms with Crippen LogP contribution >= 0.6 is 0 Å². The Kier molecular flexibility index (Phi) is 7.06. The van der Waals surface area contributed by atoms with E-state index in [1.807, 2.05) is 37.3 Å². The van der Waals surface area contributed by atoms with Crippen LogP contribution < -0.4 is 14.4 Å². The summed E-state index contributed by atoms with van der Waals surface area (Å²) in [6, 6.07) is 14.8. The number of nitrogens with zero attached hydrogens (tertiary/aromatic N) is 2. The highest BCUT2D eigenvalue weighted by molar-refractivity contribution is 5.96. The van der Waals surface area contributed by atoms with Gasteiger partial charge in [0.1, 0.15) is 13.2 Å². The Hall–Kier alpha value is -3.79. The van der Waals surface area contributed by atoms with Crippen molar-refractivity contribution in [3.05, 3.63) is 59.7 Å². The molecule has 0 saturated carbocycles. The van der Waals surface area contributed by atoms with Crippen LogP contribution in [0.2, 0.25) is 0 Å². The molecule has 0 unspecified atom stereocenters. The zero-order chi connectivity index (χ0) is 21.3. The van der Waals surface area contributed by atoms with Gasteiger partial charge in [0.25, 0.3) is 5.91 Å². The van der Waals surface area contributed by atoms with E-state index in [0.29, 0.717) is 30.4 Å². The molecule has 0 N–H and O–H groups in total. The van der Waals surface area contributed by atoms with Crippen LogP contribution in [0.15, 0.2) is 48.5 Å². The molecule has 2 aromatic carbocycles. The number of carbonyl (C=O) groups excluding carboxylic acids is 2. The van der Waals surface area contributed by atoms with Gasteiger partial charge >= 0.3 is 5.97 Å². The van der Waals surface area contributed by atoms with Gasteiger partial charge in [0, 0.05) is 24.4 Å². The van der Waals surface area contributed by atoms with Gasteiger partial charge in [-0.05, 0) is 30.7 Å². The summed E-state index contributed by atoms with van der Waals surface area (Å²) in [5, 5.41) is 8.92. The highest BCUT2D eigenvalue weighted by atomic mass is 16.6. The molecule has 154 valence electrons. The number of carbonyl (C=O) groups is 2. The molecule has 0 aliphatic carbocycles. The number of esters is 1. The summed E-state index contributed by atoms with van der Waals surface area (Å²) < 4.78 is 16.1. The fourth-order valence-corrected chi connectivity index (χ4v) is 2.96. The average Bonchev–Trinajstić information content (AvgIpc) is 2.76. The number of anilines is 1. The summed E-state index contributed by atoms with van der Waals surface area (Å²) in [6.45, 7) is 2.59. The van der Waals surface area contributed by atoms with E-state index in [1.54, 1.807) is 24.3 Å². The van der Waals surface area contributed by atoms with E-state index in [9.17, 15) is 9.59 Å². The third kappa shape index (κ3) is 5.61. The van der Waals surface area contributed by atoms with Crippen LogP contribution in [-0.4, -0.2) is 38.2 Å². The van der Waals surface area contributed by atoms with Gasteiger partial charge in [-0.15, -0.1) is 0 Å². The largest absolute Gasteiger partial charge is 0.486 e. The van der Waals surface area contributed by atoms with E-state index >= 15 is 0 Å². The second-order valence-corrected chi connectivity index (χ2v) is 6.64. The quantitative estimate of drug-likeness (QED) is 0.518. The molecule has 0 radical (unpaired) electrons. The van der Waals surface area contributed by atoms with Crippen molar-refractivity contribution in [2.24, 2.45) is 0 Å². The van der Waals surface area contributed by atoms with E-state index in [4.69, 9.17) is 19.5 Å². The summed E-state index contributed by atoms with van der Waals surface area (Å²) in [6.07, 6.45) is 3.06. The van der Waals surface area contributed by atoms with E-state index in [0.717, 1.165) is 11.1 Å². The highest BCUT2D eigenvalue weighted by Crippen LogP contribution is 2.34. The third-order valence-corrected chi connectivity index (χ3v) is 4.38. The maximum absolute atomic E-state index is 12.7. The molecule has 0 fully saturated rings. The first-order valence-electron chi connectivity index (χ1n) is 9.55. The number of rotatable bonds is 7. The van der Waals surface area contributed by atoms with Crippen molar-refractivity contribution in [2.45, 2.75) is 13.3 Å². The topological polar surface area (TPSA) is 88.9 Å². The van der Waals surface area contributed by atoms with Gasteiger partial charge in [-0.25, -0.2) is 4.79 Å². The molecule has 1 amide bonds. The van der Waals surface area contributed by atoms with E-state index in [1.165, 1.54) is 11.0 Å². The molecule has 3 rings (SSSR count). The van der Waals surface area contributed by atoms with Gasteiger partial charge in [0.05, 0.1) is 12.5 Å². The van der Waals surface area contributed by atoms with Crippen LogP contribution in [0.3, 0.4) is 0 Å². The monoisotopic (exact) mass is 406 g/mol. The van der Waals surface area contributed by atoms with Crippen molar-refractivity contribution in [3.63, 3.8) is 0 Å². The predicted molar refractivity (Wildman–Crippen MR) is 111 cm³/mol. The Morgan fingerprint density at radius 1 is 1.17 bits per heavy atom. The average molecular weight is 406 g/mol. The van der Waals surface area contributed by atoms with E-state index < -0.39 is 18.5 Å². The Morgan fingerprint density at radius 3 is 2.73 bits per heavy atom. The molecule has 1 aliphatic rings. The fourth-order valence-electron chi connectivity index (χ4n) is 2.96. The van der Waals surface area contributed by atoms with Crippen molar-refractivity contribution in [1.82, 2.24) is 0 Å². The van der Waals surface area contributed by atoms with Crippen LogP contribution in [0.25, 0.3) is 6.08 Å². The lowest BCUT2D eigenvalue weighted by Crippen LogP contribution is -2.35. The zero-order valence-electron chi connectivity index (χ0n) is 16.7. The molecule has 30 heavy (non-hydrogen) atoms. The van der Waals surface area contributed by atoms with Crippen molar-refractivity contribution in [1.29, 1.82) is 5.26 Å². The maximum atomic E-state index is 12.7. The second-order valence-electron chi connectivity index (χ2n) is 6.64. The molecule has 7 nitrogen and oxygen atoms in total. The molecule has 2 aromatic rings. The zero-order valence-corrected chi connectivity index (χ0v) is 16.7. The molecule has 0 aromatic heterocycles. The number of amides is 1. The van der Waals surface area contributed by atoms with Crippen LogP contribution in [0, 0.1) is 18.3 Å². The highest BCUT2D eigenvalue weighted by Gasteiger charge is 2.20. The number of fused-ring (bicyclic) bond motifs is 1. The lowest BCUT2D eigenvalue weighted by molar-refractivity contribution is -0.142. The summed E-state index contributed by atoms with van der Waals surface area (Å²) >= 11 is 0. The molecule has 7 heteroatoms. The molecule has 0 saturated heterocycles. The van der Waals surface area contributed by atoms with E-state index in [-0.39, 0.29) is 13.0 Å². The third-order valence-electron chi connectivity index (χ3n) is 4.38. The Labute approximate surface area is 175 Å². The molecule has 1 aliphatic heterocycles. The number of nitriles is 1. The number of aryl methyl sites for hydroxylation is 1. The van der Waals surface area contributed by atoms with Gasteiger partial charge in [0.2, 0.25) is 0 Å². The maximum Gasteiger partial charge on any atom is 0.331 e. The van der Waals surface area contributed by atoms with Gasteiger partial charge < -0.3 is 19.1 Å². The minimum atomic E-state index is -0.618. The lowest BCUT2D eigenvalue weighted by Gasteiger charge is -2.24. The first-order chi connectivity index (χ1) is 14.6. The summed E-state index contributed by atoms with van der Waals surface area (Å²) in [4.78, 5) is 26.1. The first-order valence-corrected chi connectivity index (χ1v) is 9.55. The number of hydrogen-bond donors (Lipinski definition) is 0. The van der Waals surface area contributed by atoms with Gasteiger partial charge in [-0.2, -0.15) is 5.26 Å². The van der Waals surface area contributed by atoms with Crippen molar-refractivity contribution < 1.29 is 23.8 Å². The van der Waals surface area contributed by atoms with Crippen LogP contribution in [0.1, 0.15) is 17.5 Å². The minimum absolute atomic E-state index is 0.140.